The first-order chi connectivity index (χ1) is 9.35. The van der Waals surface area contributed by atoms with Crippen molar-refractivity contribution in [1.29, 1.82) is 0 Å². The predicted molar refractivity (Wildman–Crippen MR) is 84.5 cm³/mol. The number of thiophene rings is 1. The minimum absolute atomic E-state index is 0.103. The smallest absolute Gasteiger partial charge is 0.207 e. The Morgan fingerprint density at radius 3 is 2.45 bits per heavy atom. The Bertz CT molecular complexity index is 512. The monoisotopic (exact) mass is 315 g/mol. The molecule has 1 aliphatic rings. The van der Waals surface area contributed by atoms with Crippen molar-refractivity contribution in [2.24, 2.45) is 11.3 Å². The van der Waals surface area contributed by atoms with Crippen molar-refractivity contribution in [2.75, 3.05) is 0 Å². The van der Waals surface area contributed by atoms with Gasteiger partial charge < -0.3 is 0 Å². The largest absolute Gasteiger partial charge is 0.250 e. The maximum atomic E-state index is 12.2. The van der Waals surface area contributed by atoms with Crippen molar-refractivity contribution in [1.82, 2.24) is 4.72 Å². The first-order valence-corrected chi connectivity index (χ1v) is 9.77. The Hall–Kier alpha value is -0.390. The topological polar surface area (TPSA) is 46.2 Å². The molecule has 1 aromatic heterocycles. The molecule has 2 rings (SSSR count). The van der Waals surface area contributed by atoms with E-state index < -0.39 is 10.0 Å². The molecule has 0 aromatic carbocycles. The van der Waals surface area contributed by atoms with Gasteiger partial charge in [-0.25, -0.2) is 13.1 Å². The Morgan fingerprint density at radius 1 is 1.30 bits per heavy atom. The average molecular weight is 316 g/mol. The molecule has 114 valence electrons. The molecule has 1 fully saturated rings. The molecule has 5 heteroatoms. The van der Waals surface area contributed by atoms with Crippen LogP contribution in [0.5, 0.6) is 0 Å². The van der Waals surface area contributed by atoms with Crippen molar-refractivity contribution in [3.05, 3.63) is 17.5 Å². The highest BCUT2D eigenvalue weighted by Gasteiger charge is 2.33. The van der Waals surface area contributed by atoms with Crippen molar-refractivity contribution in [2.45, 2.75) is 63.1 Å². The standard InChI is InChI=1S/C15H25NO2S2/c1-4-15(2,3)12-7-9-13(10-8-12)16-20(17,18)14-6-5-11-19-14/h5-6,11-13,16H,4,7-10H2,1-3H3. The van der Waals surface area contributed by atoms with Gasteiger partial charge in [-0.05, 0) is 48.5 Å². The zero-order valence-electron chi connectivity index (χ0n) is 12.6. The summed E-state index contributed by atoms with van der Waals surface area (Å²) in [6, 6.07) is 3.55. The molecule has 20 heavy (non-hydrogen) atoms. The van der Waals surface area contributed by atoms with E-state index in [-0.39, 0.29) is 6.04 Å². The van der Waals surface area contributed by atoms with Crippen LogP contribution in [0.4, 0.5) is 0 Å². The summed E-state index contributed by atoms with van der Waals surface area (Å²) in [5, 5.41) is 1.80. The highest BCUT2D eigenvalue weighted by Crippen LogP contribution is 2.40. The van der Waals surface area contributed by atoms with Gasteiger partial charge in [-0.2, -0.15) is 0 Å². The molecule has 0 bridgehead atoms. The van der Waals surface area contributed by atoms with Crippen LogP contribution in [0, 0.1) is 11.3 Å². The van der Waals surface area contributed by atoms with E-state index in [1.807, 2.05) is 0 Å². The number of rotatable bonds is 5. The number of hydrogen-bond acceptors (Lipinski definition) is 3. The number of hydrogen-bond donors (Lipinski definition) is 1. The van der Waals surface area contributed by atoms with E-state index >= 15 is 0 Å². The van der Waals surface area contributed by atoms with E-state index in [1.165, 1.54) is 17.8 Å². The van der Waals surface area contributed by atoms with Gasteiger partial charge in [-0.3, -0.25) is 0 Å². The van der Waals surface area contributed by atoms with Gasteiger partial charge in [0.05, 0.1) is 0 Å². The molecule has 0 amide bonds. The zero-order chi connectivity index (χ0) is 14.8. The van der Waals surface area contributed by atoms with Gasteiger partial charge in [-0.1, -0.05) is 33.3 Å². The van der Waals surface area contributed by atoms with Crippen molar-refractivity contribution in [3.63, 3.8) is 0 Å². The summed E-state index contributed by atoms with van der Waals surface area (Å²) >= 11 is 1.28. The molecule has 0 aliphatic heterocycles. The zero-order valence-corrected chi connectivity index (χ0v) is 14.2. The van der Waals surface area contributed by atoms with E-state index in [4.69, 9.17) is 0 Å². The quantitative estimate of drug-likeness (QED) is 0.892. The highest BCUT2D eigenvalue weighted by molar-refractivity contribution is 7.91. The summed E-state index contributed by atoms with van der Waals surface area (Å²) in [7, 11) is -3.31. The summed E-state index contributed by atoms with van der Waals surface area (Å²) < 4.78 is 27.7. The van der Waals surface area contributed by atoms with Gasteiger partial charge in [0.1, 0.15) is 4.21 Å². The SMILES string of the molecule is CCC(C)(C)C1CCC(NS(=O)(=O)c2cccs2)CC1. The van der Waals surface area contributed by atoms with Gasteiger partial charge in [-0.15, -0.1) is 11.3 Å². The first-order valence-electron chi connectivity index (χ1n) is 7.41. The van der Waals surface area contributed by atoms with Crippen LogP contribution >= 0.6 is 11.3 Å². The minimum Gasteiger partial charge on any atom is -0.207 e. The molecule has 0 radical (unpaired) electrons. The predicted octanol–water partition coefficient (Wildman–Crippen LogP) is 4.02. The molecule has 0 spiro atoms. The van der Waals surface area contributed by atoms with Gasteiger partial charge in [0.15, 0.2) is 0 Å². The molecule has 1 aromatic rings. The first kappa shape index (κ1) is 16.0. The van der Waals surface area contributed by atoms with E-state index in [9.17, 15) is 8.42 Å². The highest BCUT2D eigenvalue weighted by atomic mass is 32.2. The molecular weight excluding hydrogens is 290 g/mol. The van der Waals surface area contributed by atoms with Crippen LogP contribution in [0.1, 0.15) is 52.9 Å². The molecular formula is C15H25NO2S2. The van der Waals surface area contributed by atoms with Gasteiger partial charge in [0.25, 0.3) is 0 Å². The molecule has 1 aliphatic carbocycles. The van der Waals surface area contributed by atoms with E-state index in [0.29, 0.717) is 9.62 Å². The lowest BCUT2D eigenvalue weighted by molar-refractivity contribution is 0.142. The minimum atomic E-state index is -3.31. The summed E-state index contributed by atoms with van der Waals surface area (Å²) in [6.07, 6.45) is 5.34. The maximum absolute atomic E-state index is 12.2. The van der Waals surface area contributed by atoms with E-state index in [1.54, 1.807) is 17.5 Å². The van der Waals surface area contributed by atoms with Crippen LogP contribution in [0.3, 0.4) is 0 Å². The second-order valence-corrected chi connectivity index (χ2v) is 9.33. The molecule has 1 heterocycles. The molecule has 0 atom stereocenters. The maximum Gasteiger partial charge on any atom is 0.250 e. The number of sulfonamides is 1. The number of nitrogens with one attached hydrogen (secondary N) is 1. The lowest BCUT2D eigenvalue weighted by Crippen LogP contribution is -2.39. The Labute approximate surface area is 126 Å². The van der Waals surface area contributed by atoms with Crippen molar-refractivity contribution < 1.29 is 8.42 Å². The van der Waals surface area contributed by atoms with E-state index in [2.05, 4.69) is 25.5 Å². The fourth-order valence-electron chi connectivity index (χ4n) is 2.98. The summed E-state index contributed by atoms with van der Waals surface area (Å²) in [4.78, 5) is 0. The van der Waals surface area contributed by atoms with Crippen LogP contribution < -0.4 is 4.72 Å². The third-order valence-electron chi connectivity index (χ3n) is 4.83. The van der Waals surface area contributed by atoms with Crippen molar-refractivity contribution in [3.8, 4) is 0 Å². The fraction of sp³-hybridized carbons (Fsp3) is 0.733. The van der Waals surface area contributed by atoms with Crippen LogP contribution in [0.25, 0.3) is 0 Å². The molecule has 1 N–H and O–H groups in total. The summed E-state index contributed by atoms with van der Waals surface area (Å²) in [6.45, 7) is 6.90. The average Bonchev–Trinajstić information content (AvgIpc) is 2.93. The molecule has 0 saturated heterocycles. The van der Waals surface area contributed by atoms with Crippen LogP contribution in [-0.2, 0) is 10.0 Å². The Kier molecular flexibility index (Phi) is 4.92. The Balaban J connectivity index is 1.92. The fourth-order valence-corrected chi connectivity index (χ4v) is 5.29. The second kappa shape index (κ2) is 6.16. The van der Waals surface area contributed by atoms with E-state index in [0.717, 1.165) is 31.6 Å². The molecule has 3 nitrogen and oxygen atoms in total. The third-order valence-corrected chi connectivity index (χ3v) is 7.74. The van der Waals surface area contributed by atoms with Gasteiger partial charge in [0.2, 0.25) is 10.0 Å². The summed E-state index contributed by atoms with van der Waals surface area (Å²) in [5.74, 6) is 0.718. The lowest BCUT2D eigenvalue weighted by Gasteiger charge is -2.38. The van der Waals surface area contributed by atoms with Crippen molar-refractivity contribution >= 4 is 21.4 Å². The van der Waals surface area contributed by atoms with Gasteiger partial charge >= 0.3 is 0 Å². The normalized spacial score (nSPS) is 24.8. The van der Waals surface area contributed by atoms with Gasteiger partial charge in [0, 0.05) is 6.04 Å². The van der Waals surface area contributed by atoms with Crippen LogP contribution in [0.2, 0.25) is 0 Å². The Morgan fingerprint density at radius 2 is 1.95 bits per heavy atom. The lowest BCUT2D eigenvalue weighted by atomic mass is 9.69. The van der Waals surface area contributed by atoms with Crippen LogP contribution in [0.15, 0.2) is 21.7 Å². The van der Waals surface area contributed by atoms with Crippen LogP contribution in [-0.4, -0.2) is 14.5 Å². The second-order valence-electron chi connectivity index (χ2n) is 6.44. The molecule has 0 unspecified atom stereocenters. The molecule has 1 saturated carbocycles. The third kappa shape index (κ3) is 3.62. The summed E-state index contributed by atoms with van der Waals surface area (Å²) in [5.41, 5.74) is 0.373.